The van der Waals surface area contributed by atoms with Gasteiger partial charge in [-0.1, -0.05) is 44.5 Å². The van der Waals surface area contributed by atoms with Crippen LogP contribution in [0.2, 0.25) is 5.02 Å². The Morgan fingerprint density at radius 3 is 2.34 bits per heavy atom. The second-order valence-electron chi connectivity index (χ2n) is 11.7. The Labute approximate surface area is 243 Å². The predicted molar refractivity (Wildman–Crippen MR) is 155 cm³/mol. The van der Waals surface area contributed by atoms with E-state index in [4.69, 9.17) is 16.4 Å². The zero-order valence-corrected chi connectivity index (χ0v) is 24.2. The van der Waals surface area contributed by atoms with Crippen LogP contribution >= 0.6 is 11.6 Å². The summed E-state index contributed by atoms with van der Waals surface area (Å²) in [7, 11) is 0. The van der Waals surface area contributed by atoms with Crippen LogP contribution in [0, 0.1) is 5.41 Å². The Balaban J connectivity index is 0.000000909. The Bertz CT molecular complexity index is 1420. The Morgan fingerprint density at radius 1 is 1.07 bits per heavy atom. The number of amides is 1. The molecule has 0 saturated heterocycles. The van der Waals surface area contributed by atoms with Crippen molar-refractivity contribution in [3.8, 4) is 11.3 Å². The number of ketones is 1. The molecule has 2 heterocycles. The minimum atomic E-state index is -2.83. The first-order valence-corrected chi connectivity index (χ1v) is 13.8. The zero-order chi connectivity index (χ0) is 29.9. The summed E-state index contributed by atoms with van der Waals surface area (Å²) in [6.07, 6.45) is 0.994. The van der Waals surface area contributed by atoms with Crippen molar-refractivity contribution in [3.05, 3.63) is 76.4 Å². The molecular formula is C31H33ClF2N4O3. The molecule has 0 bridgehead atoms. The van der Waals surface area contributed by atoms with Crippen LogP contribution in [0.1, 0.15) is 67.9 Å². The number of hydrogen-bond acceptors (Lipinski definition) is 6. The summed E-state index contributed by atoms with van der Waals surface area (Å²) >= 11 is 6.04. The average Bonchev–Trinajstić information content (AvgIpc) is 3.43. The first kappa shape index (κ1) is 30.2. The van der Waals surface area contributed by atoms with Gasteiger partial charge in [0.05, 0.1) is 17.4 Å². The topological polar surface area (TPSA) is 92.3 Å². The molecule has 1 fully saturated rings. The second-order valence-corrected chi connectivity index (χ2v) is 12.1. The molecule has 2 aromatic carbocycles. The van der Waals surface area contributed by atoms with Crippen molar-refractivity contribution >= 4 is 35.3 Å². The SMILES string of the molecule is CC(=O)N[C@@H]1CC[C@H]2c3cc(C(=O)Cc4ccc(Cl)cc4)cc(-c4cccnn4)c3N(CC(C)(C)C)[C@@H]12.O=C(F)F. The molecular weight excluding hydrogens is 550 g/mol. The molecule has 41 heavy (non-hydrogen) atoms. The zero-order valence-electron chi connectivity index (χ0n) is 23.5. The van der Waals surface area contributed by atoms with Crippen LogP contribution in [0.25, 0.3) is 11.3 Å². The minimum Gasteiger partial charge on any atom is -0.365 e. The second kappa shape index (κ2) is 12.4. The number of halogens is 3. The smallest absolute Gasteiger partial charge is 0.365 e. The fourth-order valence-corrected chi connectivity index (χ4v) is 6.10. The number of fused-ring (bicyclic) bond motifs is 3. The lowest BCUT2D eigenvalue weighted by Gasteiger charge is -2.37. The van der Waals surface area contributed by atoms with Crippen LogP contribution in [-0.4, -0.2) is 46.8 Å². The van der Waals surface area contributed by atoms with Crippen molar-refractivity contribution in [1.82, 2.24) is 15.5 Å². The van der Waals surface area contributed by atoms with Crippen LogP contribution in [0.15, 0.2) is 54.7 Å². The molecule has 0 spiro atoms. The molecule has 1 saturated carbocycles. The number of carbonyl (C=O) groups excluding carboxylic acids is 3. The molecule has 3 atom stereocenters. The summed E-state index contributed by atoms with van der Waals surface area (Å²) in [5.74, 6) is 0.274. The van der Waals surface area contributed by atoms with Gasteiger partial charge in [0.25, 0.3) is 0 Å². The van der Waals surface area contributed by atoms with Crippen molar-refractivity contribution in [3.63, 3.8) is 0 Å². The predicted octanol–water partition coefficient (Wildman–Crippen LogP) is 6.88. The van der Waals surface area contributed by atoms with Crippen molar-refractivity contribution in [2.45, 2.75) is 65.0 Å². The normalized spacial score (nSPS) is 19.1. The number of nitrogens with one attached hydrogen (secondary N) is 1. The van der Waals surface area contributed by atoms with Crippen molar-refractivity contribution in [2.24, 2.45) is 5.41 Å². The first-order valence-electron chi connectivity index (χ1n) is 13.5. The first-order chi connectivity index (χ1) is 19.3. The van der Waals surface area contributed by atoms with Gasteiger partial charge in [-0.25, -0.2) is 4.79 Å². The monoisotopic (exact) mass is 582 g/mol. The largest absolute Gasteiger partial charge is 0.483 e. The molecule has 5 rings (SSSR count). The van der Waals surface area contributed by atoms with Gasteiger partial charge >= 0.3 is 6.29 Å². The van der Waals surface area contributed by atoms with Crippen LogP contribution in [-0.2, 0) is 11.2 Å². The highest BCUT2D eigenvalue weighted by molar-refractivity contribution is 6.30. The lowest BCUT2D eigenvalue weighted by molar-refractivity contribution is -0.119. The molecule has 2 aliphatic rings. The quantitative estimate of drug-likeness (QED) is 0.251. The van der Waals surface area contributed by atoms with Crippen LogP contribution in [0.3, 0.4) is 0 Å². The molecule has 1 N–H and O–H groups in total. The van der Waals surface area contributed by atoms with E-state index in [-0.39, 0.29) is 35.1 Å². The standard InChI is InChI=1S/C30H33ClN4O2.CF2O/c1-18(36)33-26-12-11-22-23-15-20(27(37)14-19-7-9-21(31)10-8-19)16-24(25-6-5-13-32-34-25)28(23)35(29(22)26)17-30(2,3)4;2-1(3)4/h5-10,13,15-16,22,26,29H,11-12,14,17H2,1-4H3,(H,33,36);/t22-,26+,29+;/m0./s1. The van der Waals surface area contributed by atoms with Crippen LogP contribution in [0.4, 0.5) is 19.3 Å². The third-order valence-corrected chi connectivity index (χ3v) is 7.53. The summed E-state index contributed by atoms with van der Waals surface area (Å²) in [6.45, 7) is 9.10. The van der Waals surface area contributed by atoms with Crippen molar-refractivity contribution < 1.29 is 23.2 Å². The van der Waals surface area contributed by atoms with E-state index in [1.165, 1.54) is 5.56 Å². The van der Waals surface area contributed by atoms with Gasteiger partial charge in [-0.3, -0.25) is 9.59 Å². The molecule has 0 radical (unpaired) electrons. The van der Waals surface area contributed by atoms with E-state index in [1.54, 1.807) is 13.1 Å². The number of Topliss-reactive ketones (excluding diaryl/α,β-unsaturated/α-hetero) is 1. The highest BCUT2D eigenvalue weighted by Gasteiger charge is 2.49. The number of aromatic nitrogens is 2. The van der Waals surface area contributed by atoms with Gasteiger partial charge in [-0.2, -0.15) is 10.2 Å². The molecule has 10 heteroatoms. The van der Waals surface area contributed by atoms with Gasteiger partial charge in [0.2, 0.25) is 5.91 Å². The summed E-state index contributed by atoms with van der Waals surface area (Å²) in [5.41, 5.74) is 5.58. The number of rotatable bonds is 6. The summed E-state index contributed by atoms with van der Waals surface area (Å²) in [4.78, 5) is 36.2. The number of nitrogens with zero attached hydrogens (tertiary/aromatic N) is 3. The molecule has 3 aromatic rings. The molecule has 0 unspecified atom stereocenters. The average molecular weight is 583 g/mol. The van der Waals surface area contributed by atoms with Gasteiger partial charge in [0.15, 0.2) is 5.78 Å². The van der Waals surface area contributed by atoms with E-state index >= 15 is 0 Å². The molecule has 7 nitrogen and oxygen atoms in total. The van der Waals surface area contributed by atoms with E-state index in [0.29, 0.717) is 17.0 Å². The summed E-state index contributed by atoms with van der Waals surface area (Å²) in [6, 6.07) is 15.5. The fourth-order valence-electron chi connectivity index (χ4n) is 5.97. The molecule has 1 amide bonds. The maximum atomic E-state index is 13.6. The fraction of sp³-hybridized carbons (Fsp3) is 0.387. The summed E-state index contributed by atoms with van der Waals surface area (Å²) in [5, 5.41) is 12.4. The van der Waals surface area contributed by atoms with E-state index in [2.05, 4.69) is 47.3 Å². The third-order valence-electron chi connectivity index (χ3n) is 7.28. The Morgan fingerprint density at radius 2 is 1.76 bits per heavy atom. The highest BCUT2D eigenvalue weighted by atomic mass is 35.5. The Kier molecular flexibility index (Phi) is 9.17. The van der Waals surface area contributed by atoms with Crippen LogP contribution < -0.4 is 10.2 Å². The lowest BCUT2D eigenvalue weighted by atomic mass is 9.90. The highest BCUT2D eigenvalue weighted by Crippen LogP contribution is 2.53. The van der Waals surface area contributed by atoms with E-state index in [0.717, 1.165) is 41.9 Å². The van der Waals surface area contributed by atoms with Gasteiger partial charge in [-0.05, 0) is 65.8 Å². The molecule has 1 aromatic heterocycles. The number of anilines is 1. The number of benzene rings is 2. The van der Waals surface area contributed by atoms with Crippen LogP contribution in [0.5, 0.6) is 0 Å². The molecule has 1 aliphatic carbocycles. The van der Waals surface area contributed by atoms with Gasteiger partial charge in [0, 0.05) is 54.2 Å². The maximum absolute atomic E-state index is 13.6. The van der Waals surface area contributed by atoms with Gasteiger partial charge in [-0.15, -0.1) is 8.78 Å². The van der Waals surface area contributed by atoms with Crippen molar-refractivity contribution in [1.29, 1.82) is 0 Å². The number of hydrogen-bond donors (Lipinski definition) is 1. The number of carbonyl (C=O) groups is 3. The van der Waals surface area contributed by atoms with E-state index in [9.17, 15) is 18.4 Å². The lowest BCUT2D eigenvalue weighted by Crippen LogP contribution is -2.50. The third kappa shape index (κ3) is 7.33. The van der Waals surface area contributed by atoms with Crippen molar-refractivity contribution in [2.75, 3.05) is 11.4 Å². The van der Waals surface area contributed by atoms with E-state index < -0.39 is 6.29 Å². The van der Waals surface area contributed by atoms with Gasteiger partial charge in [0.1, 0.15) is 0 Å². The Hall–Kier alpha value is -3.72. The van der Waals surface area contributed by atoms with Gasteiger partial charge < -0.3 is 10.2 Å². The van der Waals surface area contributed by atoms with E-state index in [1.807, 2.05) is 42.5 Å². The molecule has 216 valence electrons. The minimum absolute atomic E-state index is 0.00899. The maximum Gasteiger partial charge on any atom is 0.483 e. The summed E-state index contributed by atoms with van der Waals surface area (Å²) < 4.78 is 19.4. The molecule has 1 aliphatic heterocycles.